The van der Waals surface area contributed by atoms with Gasteiger partial charge in [0.1, 0.15) is 5.56 Å². The van der Waals surface area contributed by atoms with Crippen molar-refractivity contribution in [3.8, 4) is 0 Å². The molecule has 0 aliphatic rings. The van der Waals surface area contributed by atoms with Crippen LogP contribution in [0.3, 0.4) is 0 Å². The zero-order valence-corrected chi connectivity index (χ0v) is 12.0. The van der Waals surface area contributed by atoms with E-state index in [1.54, 1.807) is 19.1 Å². The van der Waals surface area contributed by atoms with Crippen molar-refractivity contribution < 1.29 is 9.72 Å². The number of halogens is 1. The van der Waals surface area contributed by atoms with Crippen molar-refractivity contribution in [2.24, 2.45) is 0 Å². The van der Waals surface area contributed by atoms with Crippen molar-refractivity contribution in [3.05, 3.63) is 39.4 Å². The van der Waals surface area contributed by atoms with E-state index in [4.69, 9.17) is 11.6 Å². The van der Waals surface area contributed by atoms with Gasteiger partial charge in [-0.2, -0.15) is 0 Å². The third kappa shape index (κ3) is 3.92. The predicted molar refractivity (Wildman–Crippen MR) is 74.7 cm³/mol. The zero-order chi connectivity index (χ0) is 14.6. The standard InChI is InChI=1S/C13H17ClN2O3/c1-9-5-4-6-10(11(9)16(18)19)12(17)15-13(2,3)7-8-14/h4-6H,7-8H2,1-3H3,(H,15,17). The summed E-state index contributed by atoms with van der Waals surface area (Å²) in [5.41, 5.74) is -0.113. The number of amides is 1. The van der Waals surface area contributed by atoms with Crippen LogP contribution in [0, 0.1) is 17.0 Å². The molecule has 1 N–H and O–H groups in total. The number of carbonyl (C=O) groups is 1. The van der Waals surface area contributed by atoms with Crippen molar-refractivity contribution >= 4 is 23.2 Å². The quantitative estimate of drug-likeness (QED) is 0.513. The minimum absolute atomic E-state index is 0.0765. The third-order valence-electron chi connectivity index (χ3n) is 2.84. The van der Waals surface area contributed by atoms with Crippen molar-refractivity contribution in [2.45, 2.75) is 32.7 Å². The van der Waals surface area contributed by atoms with Gasteiger partial charge in [0, 0.05) is 17.0 Å². The van der Waals surface area contributed by atoms with Gasteiger partial charge in [-0.05, 0) is 33.3 Å². The molecule has 0 aliphatic heterocycles. The molecular formula is C13H17ClN2O3. The van der Waals surface area contributed by atoms with E-state index in [2.05, 4.69) is 5.32 Å². The van der Waals surface area contributed by atoms with Crippen LogP contribution in [-0.2, 0) is 0 Å². The van der Waals surface area contributed by atoms with E-state index in [1.165, 1.54) is 6.07 Å². The molecule has 0 atom stereocenters. The van der Waals surface area contributed by atoms with Crippen molar-refractivity contribution in [1.82, 2.24) is 5.32 Å². The molecule has 0 aromatic heterocycles. The van der Waals surface area contributed by atoms with Gasteiger partial charge >= 0.3 is 0 Å². The summed E-state index contributed by atoms with van der Waals surface area (Å²) in [7, 11) is 0. The van der Waals surface area contributed by atoms with Gasteiger partial charge in [0.2, 0.25) is 0 Å². The van der Waals surface area contributed by atoms with Gasteiger partial charge in [-0.3, -0.25) is 14.9 Å². The molecule has 1 aromatic carbocycles. The van der Waals surface area contributed by atoms with Crippen LogP contribution in [0.25, 0.3) is 0 Å². The Hall–Kier alpha value is -1.62. The number of alkyl halides is 1. The van der Waals surface area contributed by atoms with Crippen LogP contribution in [0.5, 0.6) is 0 Å². The topological polar surface area (TPSA) is 72.2 Å². The SMILES string of the molecule is Cc1cccc(C(=O)NC(C)(C)CCCl)c1[N+](=O)[O-]. The molecule has 1 aromatic rings. The number of nitro benzene ring substituents is 1. The first-order chi connectivity index (χ1) is 8.78. The second kappa shape index (κ2) is 6.02. The minimum atomic E-state index is -0.529. The summed E-state index contributed by atoms with van der Waals surface area (Å²) in [5.74, 6) is -0.0473. The Balaban J connectivity index is 3.07. The molecule has 1 amide bonds. The fourth-order valence-corrected chi connectivity index (χ4v) is 2.23. The first-order valence-electron chi connectivity index (χ1n) is 5.91. The maximum Gasteiger partial charge on any atom is 0.285 e. The molecule has 0 heterocycles. The second-order valence-electron chi connectivity index (χ2n) is 5.01. The van der Waals surface area contributed by atoms with Gasteiger partial charge in [-0.1, -0.05) is 12.1 Å². The Bertz CT molecular complexity index is 501. The van der Waals surface area contributed by atoms with Crippen LogP contribution < -0.4 is 5.32 Å². The molecule has 0 bridgehead atoms. The number of rotatable bonds is 5. The summed E-state index contributed by atoms with van der Waals surface area (Å²) in [6.07, 6.45) is 0.583. The van der Waals surface area contributed by atoms with Gasteiger partial charge < -0.3 is 5.32 Å². The molecule has 5 nitrogen and oxygen atoms in total. The molecule has 0 spiro atoms. The molecule has 1 rings (SSSR count). The summed E-state index contributed by atoms with van der Waals surface area (Å²) < 4.78 is 0. The van der Waals surface area contributed by atoms with Crippen LogP contribution >= 0.6 is 11.6 Å². The zero-order valence-electron chi connectivity index (χ0n) is 11.2. The second-order valence-corrected chi connectivity index (χ2v) is 5.38. The number of nitrogens with one attached hydrogen (secondary N) is 1. The smallest absolute Gasteiger partial charge is 0.285 e. The summed E-state index contributed by atoms with van der Waals surface area (Å²) in [6, 6.07) is 4.70. The molecule has 0 saturated carbocycles. The van der Waals surface area contributed by atoms with E-state index in [9.17, 15) is 14.9 Å². The van der Waals surface area contributed by atoms with Gasteiger partial charge in [0.25, 0.3) is 11.6 Å². The summed E-state index contributed by atoms with van der Waals surface area (Å²) in [6.45, 7) is 5.27. The fourth-order valence-electron chi connectivity index (χ4n) is 1.76. The van der Waals surface area contributed by atoms with E-state index < -0.39 is 16.4 Å². The van der Waals surface area contributed by atoms with Crippen molar-refractivity contribution in [2.75, 3.05) is 5.88 Å². The highest BCUT2D eigenvalue weighted by atomic mass is 35.5. The maximum absolute atomic E-state index is 12.2. The largest absolute Gasteiger partial charge is 0.347 e. The Morgan fingerprint density at radius 2 is 2.11 bits per heavy atom. The number of nitro groups is 1. The number of nitrogens with zero attached hydrogens (tertiary/aromatic N) is 1. The van der Waals surface area contributed by atoms with Crippen LogP contribution in [-0.4, -0.2) is 22.2 Å². The molecule has 0 unspecified atom stereocenters. The number of para-hydroxylation sites is 1. The number of aryl methyl sites for hydroxylation is 1. The maximum atomic E-state index is 12.2. The van der Waals surface area contributed by atoms with Crippen LogP contribution in [0.2, 0.25) is 0 Å². The van der Waals surface area contributed by atoms with Crippen LogP contribution in [0.15, 0.2) is 18.2 Å². The summed E-state index contributed by atoms with van der Waals surface area (Å²) in [5, 5.41) is 13.8. The first-order valence-corrected chi connectivity index (χ1v) is 6.44. The molecule has 0 radical (unpaired) electrons. The van der Waals surface area contributed by atoms with E-state index in [0.29, 0.717) is 17.9 Å². The van der Waals surface area contributed by atoms with Crippen LogP contribution in [0.4, 0.5) is 5.69 Å². The minimum Gasteiger partial charge on any atom is -0.347 e. The van der Waals surface area contributed by atoms with Gasteiger partial charge in [-0.15, -0.1) is 11.6 Å². The Labute approximate surface area is 117 Å². The predicted octanol–water partition coefficient (Wildman–Crippen LogP) is 3.04. The first kappa shape index (κ1) is 15.4. The van der Waals surface area contributed by atoms with Crippen molar-refractivity contribution in [1.29, 1.82) is 0 Å². The van der Waals surface area contributed by atoms with Gasteiger partial charge in [0.05, 0.1) is 4.92 Å². The van der Waals surface area contributed by atoms with Crippen molar-refractivity contribution in [3.63, 3.8) is 0 Å². The molecule has 19 heavy (non-hydrogen) atoms. The lowest BCUT2D eigenvalue weighted by Gasteiger charge is -2.25. The lowest BCUT2D eigenvalue weighted by atomic mass is 10.00. The number of benzene rings is 1. The van der Waals surface area contributed by atoms with Gasteiger partial charge in [-0.25, -0.2) is 0 Å². The molecule has 104 valence electrons. The Morgan fingerprint density at radius 3 is 2.63 bits per heavy atom. The number of hydrogen-bond acceptors (Lipinski definition) is 3. The Morgan fingerprint density at radius 1 is 1.47 bits per heavy atom. The molecule has 0 fully saturated rings. The lowest BCUT2D eigenvalue weighted by Crippen LogP contribution is -2.43. The highest BCUT2D eigenvalue weighted by Gasteiger charge is 2.26. The van der Waals surface area contributed by atoms with Gasteiger partial charge in [0.15, 0.2) is 0 Å². The van der Waals surface area contributed by atoms with E-state index in [1.807, 2.05) is 13.8 Å². The van der Waals surface area contributed by atoms with E-state index >= 15 is 0 Å². The molecular weight excluding hydrogens is 268 g/mol. The number of carbonyl (C=O) groups excluding carboxylic acids is 1. The average molecular weight is 285 g/mol. The van der Waals surface area contributed by atoms with Crippen LogP contribution in [0.1, 0.15) is 36.2 Å². The normalized spacial score (nSPS) is 11.2. The fraction of sp³-hybridized carbons (Fsp3) is 0.462. The average Bonchev–Trinajstić information content (AvgIpc) is 2.27. The van der Waals surface area contributed by atoms with E-state index in [-0.39, 0.29) is 11.3 Å². The molecule has 0 aliphatic carbocycles. The lowest BCUT2D eigenvalue weighted by molar-refractivity contribution is -0.385. The molecule has 0 saturated heterocycles. The number of hydrogen-bond donors (Lipinski definition) is 1. The van der Waals surface area contributed by atoms with E-state index in [0.717, 1.165) is 0 Å². The highest BCUT2D eigenvalue weighted by molar-refractivity contribution is 6.17. The Kier molecular flexibility index (Phi) is 4.89. The molecule has 6 heteroatoms. The monoisotopic (exact) mass is 284 g/mol. The highest BCUT2D eigenvalue weighted by Crippen LogP contribution is 2.23. The summed E-state index contributed by atoms with van der Waals surface area (Å²) >= 11 is 5.66. The summed E-state index contributed by atoms with van der Waals surface area (Å²) in [4.78, 5) is 22.7. The third-order valence-corrected chi connectivity index (χ3v) is 3.03.